The van der Waals surface area contributed by atoms with E-state index in [2.05, 4.69) is 22.4 Å². The first-order valence-electron chi connectivity index (χ1n) is 4.70. The Morgan fingerprint density at radius 2 is 1.85 bits per heavy atom. The van der Waals surface area contributed by atoms with Crippen LogP contribution in [0.3, 0.4) is 0 Å². The summed E-state index contributed by atoms with van der Waals surface area (Å²) in [4.78, 5) is 4.09. The fourth-order valence-corrected chi connectivity index (χ4v) is 2.18. The average Bonchev–Trinajstić information content (AvgIpc) is 2.59. The molecule has 0 aromatic rings. The third-order valence-electron chi connectivity index (χ3n) is 2.77. The fraction of sp³-hybridized carbons (Fsp3) is 0.889. The van der Waals surface area contributed by atoms with Crippen molar-refractivity contribution in [2.75, 3.05) is 13.2 Å². The van der Waals surface area contributed by atoms with E-state index in [4.69, 9.17) is 9.47 Å². The van der Waals surface area contributed by atoms with Crippen molar-refractivity contribution in [3.8, 4) is 0 Å². The van der Waals surface area contributed by atoms with E-state index in [-0.39, 0.29) is 5.79 Å². The van der Waals surface area contributed by atoms with E-state index < -0.39 is 0 Å². The molecule has 0 N–H and O–H groups in total. The minimum atomic E-state index is -0.270. The summed E-state index contributed by atoms with van der Waals surface area (Å²) in [5.41, 5.74) is 0. The van der Waals surface area contributed by atoms with Gasteiger partial charge in [0.15, 0.2) is 5.79 Å². The molecule has 1 saturated carbocycles. The summed E-state index contributed by atoms with van der Waals surface area (Å²) in [6.07, 6.45) is 3.89. The molecule has 2 rings (SSSR count). The van der Waals surface area contributed by atoms with Crippen LogP contribution in [0.2, 0.25) is 0 Å². The van der Waals surface area contributed by atoms with E-state index in [1.807, 2.05) is 0 Å². The minimum Gasteiger partial charge on any atom is -0.348 e. The quantitative estimate of drug-likeness (QED) is 0.476. The van der Waals surface area contributed by atoms with Gasteiger partial charge in [-0.15, -0.1) is 0 Å². The highest BCUT2D eigenvalue weighted by molar-refractivity contribution is 7.78. The van der Waals surface area contributed by atoms with Gasteiger partial charge in [-0.2, -0.15) is 0 Å². The summed E-state index contributed by atoms with van der Waals surface area (Å²) in [5.74, 6) is -0.270. The molecule has 1 aliphatic heterocycles. The van der Waals surface area contributed by atoms with Gasteiger partial charge in [0.1, 0.15) is 0 Å². The Kier molecular flexibility index (Phi) is 2.74. The molecule has 1 saturated heterocycles. The van der Waals surface area contributed by atoms with E-state index in [1.54, 1.807) is 0 Å². The maximum absolute atomic E-state index is 5.60. The normalized spacial score (nSPS) is 27.4. The molecule has 0 atom stereocenters. The van der Waals surface area contributed by atoms with Gasteiger partial charge in [0.2, 0.25) is 0 Å². The average molecular weight is 199 g/mol. The molecular weight excluding hydrogens is 186 g/mol. The number of hydrogen-bond acceptors (Lipinski definition) is 4. The van der Waals surface area contributed by atoms with Gasteiger partial charge in [0.05, 0.1) is 24.4 Å². The zero-order chi connectivity index (χ0) is 9.15. The van der Waals surface area contributed by atoms with E-state index in [9.17, 15) is 0 Å². The lowest BCUT2D eigenvalue weighted by Crippen LogP contribution is -2.36. The Labute approximate surface area is 83.1 Å². The predicted octanol–water partition coefficient (Wildman–Crippen LogP) is 1.77. The number of hydrogen-bond donors (Lipinski definition) is 0. The van der Waals surface area contributed by atoms with Crippen LogP contribution in [-0.2, 0) is 9.47 Å². The van der Waals surface area contributed by atoms with Crippen molar-refractivity contribution in [2.24, 2.45) is 4.99 Å². The standard InChI is InChI=1S/C9H13NO2S/c13-7-10-8-1-3-9(4-2-8)11-5-6-12-9/h8H,1-6H2. The van der Waals surface area contributed by atoms with Crippen molar-refractivity contribution in [1.29, 1.82) is 0 Å². The van der Waals surface area contributed by atoms with Crippen LogP contribution >= 0.6 is 12.2 Å². The molecule has 4 heteroatoms. The highest BCUT2D eigenvalue weighted by atomic mass is 32.1. The number of isothiocyanates is 1. The zero-order valence-corrected chi connectivity index (χ0v) is 8.31. The summed E-state index contributed by atoms with van der Waals surface area (Å²) in [7, 11) is 0. The molecule has 1 heterocycles. The number of ether oxygens (including phenoxy) is 2. The van der Waals surface area contributed by atoms with Gasteiger partial charge in [-0.3, -0.25) is 0 Å². The lowest BCUT2D eigenvalue weighted by molar-refractivity contribution is -0.178. The van der Waals surface area contributed by atoms with Crippen molar-refractivity contribution in [3.63, 3.8) is 0 Å². The molecule has 1 spiro atoms. The van der Waals surface area contributed by atoms with Crippen LogP contribution in [0.4, 0.5) is 0 Å². The SMILES string of the molecule is S=C=NC1CCC2(CC1)OCCO2. The van der Waals surface area contributed by atoms with Crippen molar-refractivity contribution in [1.82, 2.24) is 0 Å². The van der Waals surface area contributed by atoms with Crippen LogP contribution in [0, 0.1) is 0 Å². The van der Waals surface area contributed by atoms with Crippen molar-refractivity contribution in [2.45, 2.75) is 37.5 Å². The van der Waals surface area contributed by atoms with Crippen LogP contribution in [-0.4, -0.2) is 30.2 Å². The summed E-state index contributed by atoms with van der Waals surface area (Å²) in [6.45, 7) is 1.47. The lowest BCUT2D eigenvalue weighted by Gasteiger charge is -2.33. The summed E-state index contributed by atoms with van der Waals surface area (Å²) < 4.78 is 11.2. The topological polar surface area (TPSA) is 30.8 Å². The molecule has 0 radical (unpaired) electrons. The molecule has 0 aromatic heterocycles. The molecule has 3 nitrogen and oxygen atoms in total. The number of rotatable bonds is 1. The molecule has 2 aliphatic rings. The van der Waals surface area contributed by atoms with E-state index >= 15 is 0 Å². The second kappa shape index (κ2) is 3.84. The van der Waals surface area contributed by atoms with Gasteiger partial charge in [-0.1, -0.05) is 0 Å². The second-order valence-electron chi connectivity index (χ2n) is 3.56. The van der Waals surface area contributed by atoms with Crippen molar-refractivity contribution in [3.05, 3.63) is 0 Å². The molecule has 72 valence electrons. The van der Waals surface area contributed by atoms with Crippen molar-refractivity contribution < 1.29 is 9.47 Å². The van der Waals surface area contributed by atoms with Gasteiger partial charge >= 0.3 is 0 Å². The van der Waals surface area contributed by atoms with E-state index in [0.717, 1.165) is 38.9 Å². The first-order chi connectivity index (χ1) is 6.35. The highest BCUT2D eigenvalue weighted by Crippen LogP contribution is 2.36. The van der Waals surface area contributed by atoms with Crippen molar-refractivity contribution >= 4 is 17.4 Å². The predicted molar refractivity (Wildman–Crippen MR) is 51.9 cm³/mol. The Morgan fingerprint density at radius 1 is 1.23 bits per heavy atom. The first-order valence-corrected chi connectivity index (χ1v) is 5.10. The molecule has 1 aliphatic carbocycles. The van der Waals surface area contributed by atoms with Crippen LogP contribution in [0.25, 0.3) is 0 Å². The Morgan fingerprint density at radius 3 is 2.38 bits per heavy atom. The fourth-order valence-electron chi connectivity index (χ4n) is 2.03. The van der Waals surface area contributed by atoms with Gasteiger partial charge in [0.25, 0.3) is 0 Å². The zero-order valence-electron chi connectivity index (χ0n) is 7.49. The molecule has 0 aromatic carbocycles. The third-order valence-corrected chi connectivity index (χ3v) is 2.87. The summed E-state index contributed by atoms with van der Waals surface area (Å²) in [6, 6.07) is 0.343. The van der Waals surface area contributed by atoms with Gasteiger partial charge in [-0.25, -0.2) is 4.99 Å². The van der Waals surface area contributed by atoms with E-state index in [0.29, 0.717) is 6.04 Å². The monoisotopic (exact) mass is 199 g/mol. The smallest absolute Gasteiger partial charge is 0.168 e. The molecule has 2 fully saturated rings. The van der Waals surface area contributed by atoms with Gasteiger partial charge in [0, 0.05) is 12.8 Å². The van der Waals surface area contributed by atoms with Crippen LogP contribution in [0.5, 0.6) is 0 Å². The second-order valence-corrected chi connectivity index (χ2v) is 3.74. The molecular formula is C9H13NO2S. The Balaban J connectivity index is 1.91. The largest absolute Gasteiger partial charge is 0.348 e. The maximum atomic E-state index is 5.60. The first kappa shape index (κ1) is 9.28. The third kappa shape index (κ3) is 1.97. The Bertz CT molecular complexity index is 222. The lowest BCUT2D eigenvalue weighted by atomic mass is 9.90. The maximum Gasteiger partial charge on any atom is 0.168 e. The Hall–Kier alpha value is -0.280. The molecule has 0 bridgehead atoms. The minimum absolute atomic E-state index is 0.270. The highest BCUT2D eigenvalue weighted by Gasteiger charge is 2.40. The summed E-state index contributed by atoms with van der Waals surface area (Å²) in [5, 5.41) is 2.44. The van der Waals surface area contributed by atoms with Gasteiger partial charge in [-0.05, 0) is 25.1 Å². The molecule has 13 heavy (non-hydrogen) atoms. The summed E-state index contributed by atoms with van der Waals surface area (Å²) >= 11 is 4.58. The van der Waals surface area contributed by atoms with Crippen LogP contribution in [0.15, 0.2) is 4.99 Å². The van der Waals surface area contributed by atoms with Crippen LogP contribution < -0.4 is 0 Å². The number of thiocarbonyl (C=S) groups is 1. The molecule has 0 unspecified atom stereocenters. The number of aliphatic imine (C=N–C) groups is 1. The molecule has 0 amide bonds. The van der Waals surface area contributed by atoms with E-state index in [1.165, 1.54) is 0 Å². The van der Waals surface area contributed by atoms with Crippen LogP contribution in [0.1, 0.15) is 25.7 Å². The number of nitrogens with zero attached hydrogens (tertiary/aromatic N) is 1. The van der Waals surface area contributed by atoms with Gasteiger partial charge < -0.3 is 9.47 Å².